The van der Waals surface area contributed by atoms with Crippen molar-refractivity contribution in [2.75, 3.05) is 6.54 Å². The summed E-state index contributed by atoms with van der Waals surface area (Å²) in [5.74, 6) is 0. The van der Waals surface area contributed by atoms with Crippen LogP contribution in [-0.2, 0) is 10.0 Å². The number of aryl methyl sites for hydroxylation is 1. The predicted octanol–water partition coefficient (Wildman–Crippen LogP) is 3.53. The summed E-state index contributed by atoms with van der Waals surface area (Å²) in [5.41, 5.74) is 0.132. The van der Waals surface area contributed by atoms with E-state index in [-0.39, 0.29) is 5.41 Å². The highest BCUT2D eigenvalue weighted by Crippen LogP contribution is 2.29. The molecule has 1 aromatic heterocycles. The van der Waals surface area contributed by atoms with Crippen LogP contribution in [0.3, 0.4) is 0 Å². The third-order valence-electron chi connectivity index (χ3n) is 2.30. The molecular weight excluding hydrogens is 322 g/mol. The topological polar surface area (TPSA) is 46.2 Å². The van der Waals surface area contributed by atoms with E-state index in [2.05, 4.69) is 41.4 Å². The molecule has 98 valence electrons. The second-order valence-corrected chi connectivity index (χ2v) is 9.55. The number of halogens is 1. The second kappa shape index (κ2) is 5.38. The highest BCUT2D eigenvalue weighted by atomic mass is 79.9. The van der Waals surface area contributed by atoms with Crippen molar-refractivity contribution in [3.05, 3.63) is 14.7 Å². The standard InChI is InChI=1S/C11H18BrNO2S2/c1-8-9(7-10(12)16-8)17(14,15)13-6-5-11(2,3)4/h7,13H,5-6H2,1-4H3. The summed E-state index contributed by atoms with van der Waals surface area (Å²) in [6, 6.07) is 1.65. The average Bonchev–Trinajstić information content (AvgIpc) is 2.43. The quantitative estimate of drug-likeness (QED) is 0.911. The molecule has 0 saturated heterocycles. The number of rotatable bonds is 4. The van der Waals surface area contributed by atoms with Crippen LogP contribution in [0.25, 0.3) is 0 Å². The van der Waals surface area contributed by atoms with Gasteiger partial charge in [0.05, 0.1) is 8.68 Å². The van der Waals surface area contributed by atoms with E-state index in [4.69, 9.17) is 0 Å². The first-order valence-corrected chi connectivity index (χ1v) is 8.47. The molecule has 1 rings (SSSR count). The molecule has 0 unspecified atom stereocenters. The van der Waals surface area contributed by atoms with Crippen molar-refractivity contribution in [2.24, 2.45) is 5.41 Å². The third-order valence-corrected chi connectivity index (χ3v) is 5.57. The monoisotopic (exact) mass is 339 g/mol. The molecule has 3 nitrogen and oxygen atoms in total. The van der Waals surface area contributed by atoms with E-state index in [9.17, 15) is 8.42 Å². The minimum absolute atomic E-state index is 0.132. The Morgan fingerprint density at radius 1 is 1.41 bits per heavy atom. The van der Waals surface area contributed by atoms with Crippen LogP contribution in [-0.4, -0.2) is 15.0 Å². The first-order valence-electron chi connectivity index (χ1n) is 5.37. The Morgan fingerprint density at radius 2 is 2.00 bits per heavy atom. The molecule has 0 aliphatic carbocycles. The molecular formula is C11H18BrNO2S2. The molecule has 0 aromatic carbocycles. The van der Waals surface area contributed by atoms with E-state index >= 15 is 0 Å². The Hall–Kier alpha value is 0.0900. The zero-order chi connectivity index (χ0) is 13.3. The Labute approximate surface area is 116 Å². The summed E-state index contributed by atoms with van der Waals surface area (Å²) in [6.45, 7) is 8.56. The van der Waals surface area contributed by atoms with Crippen LogP contribution in [0.2, 0.25) is 0 Å². The minimum Gasteiger partial charge on any atom is -0.211 e. The molecule has 0 aliphatic heterocycles. The zero-order valence-electron chi connectivity index (χ0n) is 10.5. The molecule has 0 bridgehead atoms. The highest BCUT2D eigenvalue weighted by molar-refractivity contribution is 9.11. The van der Waals surface area contributed by atoms with Gasteiger partial charge in [0.25, 0.3) is 0 Å². The van der Waals surface area contributed by atoms with Gasteiger partial charge in [0, 0.05) is 11.4 Å². The van der Waals surface area contributed by atoms with Crippen LogP contribution in [0.5, 0.6) is 0 Å². The van der Waals surface area contributed by atoms with Gasteiger partial charge in [-0.05, 0) is 40.8 Å². The summed E-state index contributed by atoms with van der Waals surface area (Å²) in [7, 11) is -3.36. The van der Waals surface area contributed by atoms with Crippen molar-refractivity contribution >= 4 is 37.3 Å². The smallest absolute Gasteiger partial charge is 0.211 e. The predicted molar refractivity (Wildman–Crippen MR) is 76.0 cm³/mol. The average molecular weight is 340 g/mol. The lowest BCUT2D eigenvalue weighted by Gasteiger charge is -2.17. The van der Waals surface area contributed by atoms with Gasteiger partial charge in [0.1, 0.15) is 0 Å². The van der Waals surface area contributed by atoms with Crippen LogP contribution < -0.4 is 4.72 Å². The molecule has 1 aromatic rings. The van der Waals surface area contributed by atoms with Gasteiger partial charge >= 0.3 is 0 Å². The maximum absolute atomic E-state index is 12.0. The molecule has 1 heterocycles. The highest BCUT2D eigenvalue weighted by Gasteiger charge is 2.20. The van der Waals surface area contributed by atoms with Crippen molar-refractivity contribution in [2.45, 2.75) is 39.0 Å². The second-order valence-electron chi connectivity index (χ2n) is 5.18. The van der Waals surface area contributed by atoms with Crippen LogP contribution in [0.15, 0.2) is 14.7 Å². The fraction of sp³-hybridized carbons (Fsp3) is 0.636. The molecule has 6 heteroatoms. The molecule has 0 amide bonds. The number of hydrogen-bond donors (Lipinski definition) is 1. The normalized spacial score (nSPS) is 13.0. The fourth-order valence-electron chi connectivity index (χ4n) is 1.34. The number of hydrogen-bond acceptors (Lipinski definition) is 3. The Kier molecular flexibility index (Phi) is 4.80. The molecule has 0 atom stereocenters. The van der Waals surface area contributed by atoms with Crippen LogP contribution in [0.4, 0.5) is 0 Å². The van der Waals surface area contributed by atoms with Gasteiger partial charge in [-0.2, -0.15) is 0 Å². The molecule has 0 aliphatic rings. The van der Waals surface area contributed by atoms with Crippen molar-refractivity contribution in [3.63, 3.8) is 0 Å². The van der Waals surface area contributed by atoms with E-state index in [0.717, 1.165) is 15.1 Å². The van der Waals surface area contributed by atoms with Gasteiger partial charge in [-0.15, -0.1) is 11.3 Å². The van der Waals surface area contributed by atoms with Gasteiger partial charge in [-0.1, -0.05) is 20.8 Å². The maximum Gasteiger partial charge on any atom is 0.241 e. The van der Waals surface area contributed by atoms with Gasteiger partial charge in [0.15, 0.2) is 0 Å². The van der Waals surface area contributed by atoms with E-state index in [0.29, 0.717) is 11.4 Å². The van der Waals surface area contributed by atoms with Crippen molar-refractivity contribution in [1.29, 1.82) is 0 Å². The lowest BCUT2D eigenvalue weighted by Crippen LogP contribution is -2.27. The summed E-state index contributed by atoms with van der Waals surface area (Å²) in [6.07, 6.45) is 0.816. The van der Waals surface area contributed by atoms with Gasteiger partial charge in [0.2, 0.25) is 10.0 Å². The lowest BCUT2D eigenvalue weighted by molar-refractivity contribution is 0.378. The zero-order valence-corrected chi connectivity index (χ0v) is 13.7. The van der Waals surface area contributed by atoms with Gasteiger partial charge < -0.3 is 0 Å². The maximum atomic E-state index is 12.0. The van der Waals surface area contributed by atoms with Crippen LogP contribution >= 0.6 is 27.3 Å². The largest absolute Gasteiger partial charge is 0.241 e. The molecule has 17 heavy (non-hydrogen) atoms. The molecule has 0 fully saturated rings. The summed E-state index contributed by atoms with van der Waals surface area (Å²) in [4.78, 5) is 1.18. The molecule has 0 saturated carbocycles. The number of sulfonamides is 1. The summed E-state index contributed by atoms with van der Waals surface area (Å²) in [5, 5.41) is 0. The SMILES string of the molecule is Cc1sc(Br)cc1S(=O)(=O)NCCC(C)(C)C. The number of nitrogens with one attached hydrogen (secondary N) is 1. The number of thiophene rings is 1. The Bertz CT molecular complexity index is 486. The summed E-state index contributed by atoms with van der Waals surface area (Å²) >= 11 is 4.73. The first kappa shape index (κ1) is 15.1. The van der Waals surface area contributed by atoms with E-state index in [1.54, 1.807) is 6.07 Å². The van der Waals surface area contributed by atoms with Crippen LogP contribution in [0, 0.1) is 12.3 Å². The third kappa shape index (κ3) is 4.69. The van der Waals surface area contributed by atoms with E-state index in [1.807, 2.05) is 6.92 Å². The summed E-state index contributed by atoms with van der Waals surface area (Å²) < 4.78 is 27.5. The lowest BCUT2D eigenvalue weighted by atomic mass is 9.93. The first-order chi connectivity index (χ1) is 7.62. The van der Waals surface area contributed by atoms with Crippen molar-refractivity contribution in [1.82, 2.24) is 4.72 Å². The van der Waals surface area contributed by atoms with Gasteiger partial charge in [-0.3, -0.25) is 0 Å². The molecule has 0 radical (unpaired) electrons. The molecule has 0 spiro atoms. The van der Waals surface area contributed by atoms with Crippen molar-refractivity contribution < 1.29 is 8.42 Å². The fourth-order valence-corrected chi connectivity index (χ4v) is 4.78. The Morgan fingerprint density at radius 3 is 2.41 bits per heavy atom. The van der Waals surface area contributed by atoms with Crippen LogP contribution in [0.1, 0.15) is 32.1 Å². The minimum atomic E-state index is -3.36. The molecule has 1 N–H and O–H groups in total. The van der Waals surface area contributed by atoms with Gasteiger partial charge in [-0.25, -0.2) is 13.1 Å². The Balaban J connectivity index is 2.73. The van der Waals surface area contributed by atoms with E-state index in [1.165, 1.54) is 11.3 Å². The van der Waals surface area contributed by atoms with E-state index < -0.39 is 10.0 Å². The van der Waals surface area contributed by atoms with Crippen molar-refractivity contribution in [3.8, 4) is 0 Å².